The monoisotopic (exact) mass is 469 g/mol. The number of aromatic nitrogens is 2. The highest BCUT2D eigenvalue weighted by Gasteiger charge is 2.21. The van der Waals surface area contributed by atoms with E-state index in [1.807, 2.05) is 22.9 Å². The van der Waals surface area contributed by atoms with Gasteiger partial charge in [0.25, 0.3) is 5.56 Å². The van der Waals surface area contributed by atoms with E-state index in [1.54, 1.807) is 49.6 Å². The van der Waals surface area contributed by atoms with Gasteiger partial charge >= 0.3 is 0 Å². The van der Waals surface area contributed by atoms with Gasteiger partial charge < -0.3 is 5.32 Å². The molecule has 0 aliphatic rings. The van der Waals surface area contributed by atoms with E-state index < -0.39 is 5.25 Å². The predicted octanol–water partition coefficient (Wildman–Crippen LogP) is 5.05. The molecule has 9 heteroatoms. The second kappa shape index (κ2) is 8.78. The number of anilines is 1. The summed E-state index contributed by atoms with van der Waals surface area (Å²) in [5.41, 5.74) is 1.86. The molecule has 4 aromatic rings. The normalized spacial score (nSPS) is 12.1. The SMILES string of the molecule is CC(=O)c1cccc(NC(=O)C(C)Sc2nc3scc(-c4cccs4)c3c(=O)n2C)c1. The van der Waals surface area contributed by atoms with Crippen LogP contribution in [-0.2, 0) is 11.8 Å². The molecule has 3 heterocycles. The topological polar surface area (TPSA) is 81.1 Å². The maximum Gasteiger partial charge on any atom is 0.263 e. The number of rotatable bonds is 6. The van der Waals surface area contributed by atoms with Crippen molar-refractivity contribution in [1.82, 2.24) is 9.55 Å². The molecule has 0 fully saturated rings. The Kier molecular flexibility index (Phi) is 6.08. The number of carbonyl (C=O) groups excluding carboxylic acids is 2. The molecule has 0 radical (unpaired) electrons. The molecule has 0 spiro atoms. The van der Waals surface area contributed by atoms with Gasteiger partial charge in [0.2, 0.25) is 5.91 Å². The minimum atomic E-state index is -0.492. The summed E-state index contributed by atoms with van der Waals surface area (Å²) in [6, 6.07) is 10.8. The second-order valence-electron chi connectivity index (χ2n) is 6.95. The second-order valence-corrected chi connectivity index (χ2v) is 10.1. The van der Waals surface area contributed by atoms with E-state index in [9.17, 15) is 14.4 Å². The largest absolute Gasteiger partial charge is 0.325 e. The molecular weight excluding hydrogens is 450 g/mol. The van der Waals surface area contributed by atoms with E-state index in [1.165, 1.54) is 34.6 Å². The highest BCUT2D eigenvalue weighted by atomic mass is 32.2. The van der Waals surface area contributed by atoms with E-state index in [0.717, 1.165) is 10.4 Å². The molecule has 1 N–H and O–H groups in total. The molecule has 1 atom stereocenters. The number of Topliss-reactive ketones (excluding diaryl/α,β-unsaturated/α-hetero) is 1. The number of hydrogen-bond donors (Lipinski definition) is 1. The molecule has 4 rings (SSSR count). The lowest BCUT2D eigenvalue weighted by atomic mass is 10.1. The van der Waals surface area contributed by atoms with Crippen molar-refractivity contribution >= 4 is 62.0 Å². The van der Waals surface area contributed by atoms with Crippen LogP contribution < -0.4 is 10.9 Å². The van der Waals surface area contributed by atoms with Crippen molar-refractivity contribution in [2.75, 3.05) is 5.32 Å². The van der Waals surface area contributed by atoms with Crippen molar-refractivity contribution in [3.05, 3.63) is 63.1 Å². The smallest absolute Gasteiger partial charge is 0.263 e. The number of nitrogens with one attached hydrogen (secondary N) is 1. The summed E-state index contributed by atoms with van der Waals surface area (Å²) in [5.74, 6) is -0.297. The highest BCUT2D eigenvalue weighted by Crippen LogP contribution is 2.35. The first-order chi connectivity index (χ1) is 14.8. The van der Waals surface area contributed by atoms with Gasteiger partial charge in [-0.1, -0.05) is 30.0 Å². The van der Waals surface area contributed by atoms with Crippen LogP contribution in [0.15, 0.2) is 57.1 Å². The Morgan fingerprint density at radius 2 is 2.00 bits per heavy atom. The van der Waals surface area contributed by atoms with Gasteiger partial charge in [-0.3, -0.25) is 19.0 Å². The zero-order valence-electron chi connectivity index (χ0n) is 17.0. The average Bonchev–Trinajstić information content (AvgIpc) is 3.41. The standard InChI is InChI=1S/C22H19N3O3S3/c1-12(26)14-6-4-7-15(10-14)23-19(27)13(2)31-22-24-20-18(21(28)25(22)3)16(11-30-20)17-8-5-9-29-17/h4-11,13H,1-3H3,(H,23,27). The van der Waals surface area contributed by atoms with Gasteiger partial charge in [0.1, 0.15) is 4.83 Å². The van der Waals surface area contributed by atoms with Crippen molar-refractivity contribution < 1.29 is 9.59 Å². The molecule has 0 saturated carbocycles. The lowest BCUT2D eigenvalue weighted by molar-refractivity contribution is -0.115. The Hall–Kier alpha value is -2.75. The summed E-state index contributed by atoms with van der Waals surface area (Å²) in [6.45, 7) is 3.24. The number of thiophene rings is 2. The van der Waals surface area contributed by atoms with Gasteiger partial charge in [0.15, 0.2) is 10.9 Å². The fraction of sp³-hybridized carbons (Fsp3) is 0.182. The fourth-order valence-electron chi connectivity index (χ4n) is 3.04. The van der Waals surface area contributed by atoms with Crippen LogP contribution in [0.1, 0.15) is 24.2 Å². The number of ketones is 1. The van der Waals surface area contributed by atoms with E-state index in [4.69, 9.17) is 0 Å². The lowest BCUT2D eigenvalue weighted by Crippen LogP contribution is -2.25. The first kappa shape index (κ1) is 21.5. The Morgan fingerprint density at radius 3 is 2.71 bits per heavy atom. The molecular formula is C22H19N3O3S3. The van der Waals surface area contributed by atoms with E-state index >= 15 is 0 Å². The third-order valence-electron chi connectivity index (χ3n) is 4.75. The number of benzene rings is 1. The van der Waals surface area contributed by atoms with Gasteiger partial charge in [-0.05, 0) is 37.4 Å². The first-order valence-electron chi connectivity index (χ1n) is 9.45. The van der Waals surface area contributed by atoms with Crippen LogP contribution >= 0.6 is 34.4 Å². The molecule has 3 aromatic heterocycles. The minimum absolute atomic E-state index is 0.0658. The van der Waals surface area contributed by atoms with Gasteiger partial charge in [-0.25, -0.2) is 4.98 Å². The zero-order valence-corrected chi connectivity index (χ0v) is 19.5. The number of thioether (sulfide) groups is 1. The predicted molar refractivity (Wildman–Crippen MR) is 129 cm³/mol. The van der Waals surface area contributed by atoms with Crippen LogP contribution in [0.3, 0.4) is 0 Å². The molecule has 6 nitrogen and oxygen atoms in total. The Bertz CT molecular complexity index is 1340. The molecule has 0 aliphatic heterocycles. The molecule has 0 bridgehead atoms. The van der Waals surface area contributed by atoms with Crippen LogP contribution in [0.25, 0.3) is 20.7 Å². The van der Waals surface area contributed by atoms with Gasteiger partial charge in [0.05, 0.1) is 10.6 Å². The van der Waals surface area contributed by atoms with Crippen LogP contribution in [0, 0.1) is 0 Å². The van der Waals surface area contributed by atoms with Crippen molar-refractivity contribution in [2.24, 2.45) is 7.05 Å². The number of amides is 1. The van der Waals surface area contributed by atoms with Crippen LogP contribution in [0.4, 0.5) is 5.69 Å². The molecule has 31 heavy (non-hydrogen) atoms. The number of carbonyl (C=O) groups is 2. The van der Waals surface area contributed by atoms with Gasteiger partial charge in [-0.2, -0.15) is 0 Å². The summed E-state index contributed by atoms with van der Waals surface area (Å²) in [6.07, 6.45) is 0. The molecule has 1 aromatic carbocycles. The van der Waals surface area contributed by atoms with Crippen molar-refractivity contribution in [3.8, 4) is 10.4 Å². The molecule has 0 saturated heterocycles. The Morgan fingerprint density at radius 1 is 1.19 bits per heavy atom. The minimum Gasteiger partial charge on any atom is -0.325 e. The van der Waals surface area contributed by atoms with Crippen LogP contribution in [0.5, 0.6) is 0 Å². The fourth-order valence-corrected chi connectivity index (χ4v) is 5.72. The molecule has 1 amide bonds. The first-order valence-corrected chi connectivity index (χ1v) is 12.1. The van der Waals surface area contributed by atoms with Crippen molar-refractivity contribution in [1.29, 1.82) is 0 Å². The van der Waals surface area contributed by atoms with Gasteiger partial charge in [0, 0.05) is 34.1 Å². The number of nitrogens with zero attached hydrogens (tertiary/aromatic N) is 2. The van der Waals surface area contributed by atoms with E-state index in [-0.39, 0.29) is 17.2 Å². The van der Waals surface area contributed by atoms with Crippen molar-refractivity contribution in [2.45, 2.75) is 24.3 Å². The van der Waals surface area contributed by atoms with Crippen molar-refractivity contribution in [3.63, 3.8) is 0 Å². The third kappa shape index (κ3) is 4.34. The maximum absolute atomic E-state index is 13.1. The number of fused-ring (bicyclic) bond motifs is 1. The number of hydrogen-bond acceptors (Lipinski definition) is 7. The molecule has 158 valence electrons. The van der Waals surface area contributed by atoms with Crippen LogP contribution in [0.2, 0.25) is 0 Å². The van der Waals surface area contributed by atoms with E-state index in [0.29, 0.717) is 26.6 Å². The maximum atomic E-state index is 13.1. The summed E-state index contributed by atoms with van der Waals surface area (Å²) in [7, 11) is 1.67. The summed E-state index contributed by atoms with van der Waals surface area (Å²) in [4.78, 5) is 43.7. The highest BCUT2D eigenvalue weighted by molar-refractivity contribution is 8.00. The Labute approximate surface area is 191 Å². The lowest BCUT2D eigenvalue weighted by Gasteiger charge is -2.14. The quantitative estimate of drug-likeness (QED) is 0.243. The summed E-state index contributed by atoms with van der Waals surface area (Å²) in [5, 5.41) is 7.36. The Balaban J connectivity index is 1.57. The zero-order chi connectivity index (χ0) is 22.1. The average molecular weight is 470 g/mol. The summed E-state index contributed by atoms with van der Waals surface area (Å²) >= 11 is 4.24. The summed E-state index contributed by atoms with van der Waals surface area (Å²) < 4.78 is 1.50. The van der Waals surface area contributed by atoms with E-state index in [2.05, 4.69) is 10.3 Å². The third-order valence-corrected chi connectivity index (χ3v) is 7.67. The molecule has 0 aliphatic carbocycles. The van der Waals surface area contributed by atoms with Crippen LogP contribution in [-0.4, -0.2) is 26.5 Å². The molecule has 1 unspecified atom stereocenters. The van der Waals surface area contributed by atoms with Gasteiger partial charge in [-0.15, -0.1) is 22.7 Å².